The molecule has 2 N–H and O–H groups in total. The number of hydrogen-bond acceptors (Lipinski definition) is 5. The van der Waals surface area contributed by atoms with E-state index in [1.165, 1.54) is 0 Å². The Hall–Kier alpha value is -3.50. The molecule has 140 valence electrons. The zero-order chi connectivity index (χ0) is 19.7. The molecule has 0 radical (unpaired) electrons. The summed E-state index contributed by atoms with van der Waals surface area (Å²) >= 11 is 0. The second-order valence-electron chi connectivity index (χ2n) is 6.90. The predicted molar refractivity (Wildman–Crippen MR) is 102 cm³/mol. The van der Waals surface area contributed by atoms with Crippen molar-refractivity contribution in [3.8, 4) is 17.3 Å². The highest BCUT2D eigenvalue weighted by molar-refractivity contribution is 6.00. The Bertz CT molecular complexity index is 1100. The Morgan fingerprint density at radius 3 is 2.71 bits per heavy atom. The van der Waals surface area contributed by atoms with E-state index in [0.717, 1.165) is 11.3 Å². The summed E-state index contributed by atoms with van der Waals surface area (Å²) in [5.74, 6) is -2.28. The molecule has 0 amide bonds. The van der Waals surface area contributed by atoms with Gasteiger partial charge in [0.2, 0.25) is 0 Å². The molecule has 28 heavy (non-hydrogen) atoms. The molecule has 2 atom stereocenters. The van der Waals surface area contributed by atoms with Crippen LogP contribution in [0.2, 0.25) is 0 Å². The molecule has 0 spiro atoms. The van der Waals surface area contributed by atoms with Gasteiger partial charge in [-0.05, 0) is 25.1 Å². The van der Waals surface area contributed by atoms with E-state index in [1.807, 2.05) is 22.7 Å². The molecule has 1 saturated heterocycles. The molecule has 1 aromatic carbocycles. The van der Waals surface area contributed by atoms with Crippen LogP contribution in [0.15, 0.2) is 48.8 Å². The summed E-state index contributed by atoms with van der Waals surface area (Å²) in [4.78, 5) is 28.8. The maximum atomic E-state index is 12.8. The molecule has 1 fully saturated rings. The minimum absolute atomic E-state index is 0.153. The van der Waals surface area contributed by atoms with Gasteiger partial charge in [0.05, 0.1) is 23.2 Å². The fourth-order valence-electron chi connectivity index (χ4n) is 3.64. The topological polar surface area (TPSA) is 107 Å². The molecule has 2 unspecified atom stereocenters. The summed E-state index contributed by atoms with van der Waals surface area (Å²) in [6, 6.07) is 12.6. The molecule has 4 rings (SSSR count). The van der Waals surface area contributed by atoms with E-state index < -0.39 is 17.8 Å². The molecule has 2 aromatic heterocycles. The van der Waals surface area contributed by atoms with Crippen LogP contribution in [-0.4, -0.2) is 39.3 Å². The van der Waals surface area contributed by atoms with Crippen LogP contribution in [-0.2, 0) is 4.79 Å². The number of piperidine rings is 1. The van der Waals surface area contributed by atoms with Crippen LogP contribution in [0.5, 0.6) is 0 Å². The van der Waals surface area contributed by atoms with Crippen molar-refractivity contribution in [2.45, 2.75) is 6.42 Å². The van der Waals surface area contributed by atoms with E-state index in [-0.39, 0.29) is 5.78 Å². The second kappa shape index (κ2) is 7.25. The van der Waals surface area contributed by atoms with Crippen molar-refractivity contribution in [1.82, 2.24) is 14.7 Å². The molecule has 3 aromatic rings. The molecule has 0 saturated carbocycles. The van der Waals surface area contributed by atoms with Crippen molar-refractivity contribution >= 4 is 17.4 Å². The van der Waals surface area contributed by atoms with E-state index in [0.29, 0.717) is 36.3 Å². The number of carboxylic acids is 1. The van der Waals surface area contributed by atoms with Crippen LogP contribution in [0.4, 0.5) is 0 Å². The van der Waals surface area contributed by atoms with Crippen LogP contribution in [0.3, 0.4) is 0 Å². The molecule has 1 aliphatic rings. The predicted octanol–water partition coefficient (Wildman–Crippen LogP) is 2.37. The average Bonchev–Trinajstić information content (AvgIpc) is 3.16. The van der Waals surface area contributed by atoms with Gasteiger partial charge in [0.25, 0.3) is 0 Å². The summed E-state index contributed by atoms with van der Waals surface area (Å²) in [6.45, 7) is 0.992. The number of nitrogens with one attached hydrogen (secondary N) is 1. The number of aromatic nitrogens is 2. The number of rotatable bonds is 4. The van der Waals surface area contributed by atoms with Gasteiger partial charge in [-0.3, -0.25) is 9.59 Å². The molecular formula is C21H18N4O3. The molecule has 0 aliphatic carbocycles. The first kappa shape index (κ1) is 17.9. The average molecular weight is 374 g/mol. The number of ketones is 1. The monoisotopic (exact) mass is 374 g/mol. The van der Waals surface area contributed by atoms with Crippen LogP contribution in [0.1, 0.15) is 22.3 Å². The van der Waals surface area contributed by atoms with Gasteiger partial charge in [0.15, 0.2) is 5.78 Å². The number of carbonyl (C=O) groups excluding carboxylic acids is 1. The van der Waals surface area contributed by atoms with Gasteiger partial charge in [0.1, 0.15) is 5.65 Å². The van der Waals surface area contributed by atoms with Crippen molar-refractivity contribution in [2.75, 3.05) is 13.1 Å². The van der Waals surface area contributed by atoms with Crippen molar-refractivity contribution in [2.24, 2.45) is 11.8 Å². The third-order valence-electron chi connectivity index (χ3n) is 5.19. The van der Waals surface area contributed by atoms with Crippen molar-refractivity contribution in [1.29, 1.82) is 5.26 Å². The lowest BCUT2D eigenvalue weighted by molar-refractivity contribution is -0.143. The van der Waals surface area contributed by atoms with Gasteiger partial charge >= 0.3 is 5.97 Å². The highest BCUT2D eigenvalue weighted by Crippen LogP contribution is 2.26. The fourth-order valence-corrected chi connectivity index (χ4v) is 3.64. The number of Topliss-reactive ketones (excluding diaryl/α,β-unsaturated/α-hetero) is 1. The standard InChI is InChI=1S/C21H18N4O3/c22-10-13-6-8-25-12-18(24-19(25)9-13)14-1-3-15(4-2-14)20(26)17-11-23-7-5-16(17)21(27)28/h1-4,6,8-9,12,16-17,23H,5,7,11H2,(H,27,28). The van der Waals surface area contributed by atoms with Gasteiger partial charge in [-0.2, -0.15) is 5.26 Å². The first-order valence-electron chi connectivity index (χ1n) is 9.04. The summed E-state index contributed by atoms with van der Waals surface area (Å²) in [6.07, 6.45) is 4.10. The zero-order valence-corrected chi connectivity index (χ0v) is 15.0. The molecule has 3 heterocycles. The van der Waals surface area contributed by atoms with Crippen LogP contribution >= 0.6 is 0 Å². The molecule has 7 nitrogen and oxygen atoms in total. The molecule has 1 aliphatic heterocycles. The quantitative estimate of drug-likeness (QED) is 0.679. The van der Waals surface area contributed by atoms with Gasteiger partial charge in [0, 0.05) is 36.0 Å². The first-order valence-corrected chi connectivity index (χ1v) is 9.04. The maximum absolute atomic E-state index is 12.8. The number of benzene rings is 1. The summed E-state index contributed by atoms with van der Waals surface area (Å²) < 4.78 is 1.83. The minimum atomic E-state index is -0.919. The van der Waals surface area contributed by atoms with Crippen LogP contribution in [0.25, 0.3) is 16.9 Å². The highest BCUT2D eigenvalue weighted by atomic mass is 16.4. The minimum Gasteiger partial charge on any atom is -0.481 e. The Kier molecular flexibility index (Phi) is 4.63. The van der Waals surface area contributed by atoms with Gasteiger partial charge in [-0.25, -0.2) is 4.98 Å². The van der Waals surface area contributed by atoms with Crippen LogP contribution in [0, 0.1) is 23.2 Å². The lowest BCUT2D eigenvalue weighted by Gasteiger charge is -2.28. The maximum Gasteiger partial charge on any atom is 0.307 e. The van der Waals surface area contributed by atoms with E-state index in [4.69, 9.17) is 5.26 Å². The van der Waals surface area contributed by atoms with E-state index >= 15 is 0 Å². The first-order chi connectivity index (χ1) is 13.6. The fraction of sp³-hybridized carbons (Fsp3) is 0.238. The van der Waals surface area contributed by atoms with E-state index in [9.17, 15) is 14.7 Å². The van der Waals surface area contributed by atoms with Crippen molar-refractivity contribution in [3.63, 3.8) is 0 Å². The van der Waals surface area contributed by atoms with Crippen molar-refractivity contribution < 1.29 is 14.7 Å². The second-order valence-corrected chi connectivity index (χ2v) is 6.90. The number of carbonyl (C=O) groups is 2. The molecular weight excluding hydrogens is 356 g/mol. The van der Waals surface area contributed by atoms with Gasteiger partial charge < -0.3 is 14.8 Å². The zero-order valence-electron chi connectivity index (χ0n) is 15.0. The Labute approximate surface area is 161 Å². The third kappa shape index (κ3) is 3.26. The molecule has 0 bridgehead atoms. The van der Waals surface area contributed by atoms with E-state index in [1.54, 1.807) is 30.5 Å². The number of nitrogens with zero attached hydrogens (tertiary/aromatic N) is 3. The largest absolute Gasteiger partial charge is 0.481 e. The lowest BCUT2D eigenvalue weighted by Crippen LogP contribution is -2.44. The Balaban J connectivity index is 1.59. The summed E-state index contributed by atoms with van der Waals surface area (Å²) in [7, 11) is 0. The summed E-state index contributed by atoms with van der Waals surface area (Å²) in [5.41, 5.74) is 3.29. The lowest BCUT2D eigenvalue weighted by atomic mass is 9.81. The van der Waals surface area contributed by atoms with Crippen molar-refractivity contribution in [3.05, 3.63) is 59.9 Å². The number of fused-ring (bicyclic) bond motifs is 1. The van der Waals surface area contributed by atoms with Gasteiger partial charge in [-0.1, -0.05) is 24.3 Å². The number of nitriles is 1. The normalized spacial score (nSPS) is 19.2. The number of hydrogen-bond donors (Lipinski definition) is 2. The summed E-state index contributed by atoms with van der Waals surface area (Å²) in [5, 5.41) is 21.5. The molecule has 7 heteroatoms. The Morgan fingerprint density at radius 1 is 1.21 bits per heavy atom. The highest BCUT2D eigenvalue weighted by Gasteiger charge is 2.36. The van der Waals surface area contributed by atoms with E-state index in [2.05, 4.69) is 16.4 Å². The number of imidazole rings is 1. The number of carboxylic acid groups (broad SMARTS) is 1. The number of aliphatic carboxylic acids is 1. The SMILES string of the molecule is N#Cc1ccn2cc(-c3ccc(C(=O)C4CNCCC4C(=O)O)cc3)nc2c1. The van der Waals surface area contributed by atoms with Crippen LogP contribution < -0.4 is 5.32 Å². The van der Waals surface area contributed by atoms with Gasteiger partial charge in [-0.15, -0.1) is 0 Å². The Morgan fingerprint density at radius 2 is 2.00 bits per heavy atom. The third-order valence-corrected chi connectivity index (χ3v) is 5.19. The number of pyridine rings is 1. The smallest absolute Gasteiger partial charge is 0.307 e.